The van der Waals surface area contributed by atoms with Gasteiger partial charge in [-0.3, -0.25) is 19.3 Å². The van der Waals surface area contributed by atoms with E-state index in [0.29, 0.717) is 5.56 Å². The second-order valence-electron chi connectivity index (χ2n) is 8.79. The van der Waals surface area contributed by atoms with Gasteiger partial charge in [0.15, 0.2) is 11.4 Å². The largest absolute Gasteiger partial charge is 0.508 e. The van der Waals surface area contributed by atoms with Gasteiger partial charge < -0.3 is 31.3 Å². The Labute approximate surface area is 182 Å². The van der Waals surface area contributed by atoms with Gasteiger partial charge in [0, 0.05) is 11.5 Å². The van der Waals surface area contributed by atoms with Gasteiger partial charge in [0.05, 0.1) is 23.6 Å². The zero-order valence-electron chi connectivity index (χ0n) is 17.6. The van der Waals surface area contributed by atoms with Crippen LogP contribution in [0, 0.1) is 11.8 Å². The first-order valence-corrected chi connectivity index (χ1v) is 10.0. The van der Waals surface area contributed by atoms with Gasteiger partial charge in [-0.15, -0.1) is 0 Å². The highest BCUT2D eigenvalue weighted by molar-refractivity contribution is 6.24. The Hall–Kier alpha value is -3.21. The lowest BCUT2D eigenvalue weighted by Crippen LogP contribution is -2.70. The fourth-order valence-electron chi connectivity index (χ4n) is 5.58. The summed E-state index contributed by atoms with van der Waals surface area (Å²) in [5, 5.41) is 54.9. The molecule has 0 heterocycles. The van der Waals surface area contributed by atoms with Gasteiger partial charge in [-0.2, -0.15) is 0 Å². The lowest BCUT2D eigenvalue weighted by atomic mass is 9.54. The molecule has 1 aromatic rings. The number of primary amides is 1. The summed E-state index contributed by atoms with van der Waals surface area (Å²) in [5.41, 5.74) is 1.47. The molecular formula is C22H24N2O8. The summed E-state index contributed by atoms with van der Waals surface area (Å²) in [6.45, 7) is 1.68. The average molecular weight is 444 g/mol. The topological polar surface area (TPSA) is 182 Å². The van der Waals surface area contributed by atoms with Crippen LogP contribution in [0.1, 0.15) is 24.0 Å². The van der Waals surface area contributed by atoms with Crippen molar-refractivity contribution in [2.75, 3.05) is 14.1 Å². The highest BCUT2D eigenvalue weighted by Gasteiger charge is 2.68. The molecule has 32 heavy (non-hydrogen) atoms. The van der Waals surface area contributed by atoms with Crippen LogP contribution >= 0.6 is 0 Å². The molecule has 0 aromatic heterocycles. The average Bonchev–Trinajstić information content (AvgIpc) is 2.70. The van der Waals surface area contributed by atoms with Crippen LogP contribution in [0.25, 0.3) is 5.76 Å². The first kappa shape index (κ1) is 22.0. The van der Waals surface area contributed by atoms with Crippen LogP contribution in [-0.2, 0) is 14.4 Å². The lowest BCUT2D eigenvalue weighted by Gasteiger charge is -2.53. The predicted octanol–water partition coefficient (Wildman–Crippen LogP) is -0.504. The summed E-state index contributed by atoms with van der Waals surface area (Å²) in [6, 6.07) is 3.13. The summed E-state index contributed by atoms with van der Waals surface area (Å²) in [6.07, 6.45) is -1.59. The molecule has 0 saturated heterocycles. The van der Waals surface area contributed by atoms with Crippen molar-refractivity contribution in [3.05, 3.63) is 46.2 Å². The molecule has 170 valence electrons. The van der Waals surface area contributed by atoms with E-state index in [1.807, 2.05) is 0 Å². The van der Waals surface area contributed by atoms with Crippen molar-refractivity contribution in [2.24, 2.45) is 17.6 Å². The Morgan fingerprint density at radius 1 is 1.16 bits per heavy atom. The number of rotatable bonds is 2. The predicted molar refractivity (Wildman–Crippen MR) is 110 cm³/mol. The third-order valence-electron chi connectivity index (χ3n) is 6.99. The Morgan fingerprint density at radius 2 is 1.78 bits per heavy atom. The van der Waals surface area contributed by atoms with Gasteiger partial charge in [-0.05, 0) is 31.6 Å². The van der Waals surface area contributed by atoms with E-state index in [2.05, 4.69) is 0 Å². The number of nitrogens with zero attached hydrogens (tertiary/aromatic N) is 1. The van der Waals surface area contributed by atoms with E-state index in [0.717, 1.165) is 0 Å². The smallest absolute Gasteiger partial charge is 0.255 e. The second kappa shape index (κ2) is 6.89. The molecule has 1 fully saturated rings. The van der Waals surface area contributed by atoms with Crippen LogP contribution in [0.2, 0.25) is 0 Å². The van der Waals surface area contributed by atoms with Crippen molar-refractivity contribution < 1.29 is 39.9 Å². The van der Waals surface area contributed by atoms with E-state index in [1.54, 1.807) is 19.1 Å². The Morgan fingerprint density at radius 3 is 2.34 bits per heavy atom. The number of aromatic hydroxyl groups is 1. The monoisotopic (exact) mass is 444 g/mol. The fourth-order valence-corrected chi connectivity index (χ4v) is 5.58. The molecule has 1 saturated carbocycles. The van der Waals surface area contributed by atoms with Gasteiger partial charge in [-0.1, -0.05) is 19.1 Å². The van der Waals surface area contributed by atoms with Crippen LogP contribution in [0.5, 0.6) is 5.75 Å². The molecule has 6 atom stereocenters. The number of nitrogens with two attached hydrogens (primary N) is 1. The molecule has 10 heteroatoms. The van der Waals surface area contributed by atoms with E-state index < -0.39 is 75.6 Å². The summed E-state index contributed by atoms with van der Waals surface area (Å²) < 4.78 is 0. The fraction of sp³-hybridized carbons (Fsp3) is 0.409. The minimum atomic E-state index is -2.89. The molecule has 4 rings (SSSR count). The van der Waals surface area contributed by atoms with Crippen LogP contribution < -0.4 is 5.73 Å². The summed E-state index contributed by atoms with van der Waals surface area (Å²) in [4.78, 5) is 40.0. The molecule has 0 spiro atoms. The number of phenols is 1. The molecule has 0 aliphatic heterocycles. The summed E-state index contributed by atoms with van der Waals surface area (Å²) in [7, 11) is 2.92. The van der Waals surface area contributed by atoms with Crippen LogP contribution in [0.3, 0.4) is 0 Å². The SMILES string of the molecule is C[C@@H]1c2cccc(O)c2C(O)=C2C(=O)[C@@]3(O)C(O)=C(C(N)=O)C(=O)[C@H](N(C)C)[C@@H]3[C@H](O)[C@@H]21. The summed E-state index contributed by atoms with van der Waals surface area (Å²) in [5.74, 6) is -8.87. The number of likely N-dealkylation sites (N-methyl/N-ethyl adjacent to an activating group) is 1. The molecule has 1 amide bonds. The number of carbonyl (C=O) groups is 3. The highest BCUT2D eigenvalue weighted by Crippen LogP contribution is 2.55. The Bertz CT molecular complexity index is 1140. The van der Waals surface area contributed by atoms with Crippen LogP contribution in [-0.4, -0.2) is 79.7 Å². The molecule has 0 bridgehead atoms. The molecule has 0 unspecified atom stereocenters. The Kier molecular flexibility index (Phi) is 4.74. The first-order chi connectivity index (χ1) is 14.9. The van der Waals surface area contributed by atoms with Crippen LogP contribution in [0.4, 0.5) is 0 Å². The minimum absolute atomic E-state index is 0.0245. The van der Waals surface area contributed by atoms with Gasteiger partial charge in [0.2, 0.25) is 5.78 Å². The van der Waals surface area contributed by atoms with E-state index in [-0.39, 0.29) is 11.3 Å². The van der Waals surface area contributed by atoms with E-state index >= 15 is 0 Å². The number of aliphatic hydroxyl groups is 4. The number of amides is 1. The Balaban J connectivity index is 2.07. The number of hydrogen-bond donors (Lipinski definition) is 6. The van der Waals surface area contributed by atoms with Crippen LogP contribution in [0.15, 0.2) is 35.1 Å². The molecule has 0 radical (unpaired) electrons. The number of benzene rings is 1. The number of carbonyl (C=O) groups excluding carboxylic acids is 3. The van der Waals surface area contributed by atoms with Gasteiger partial charge in [-0.25, -0.2) is 0 Å². The molecule has 3 aliphatic carbocycles. The zero-order valence-corrected chi connectivity index (χ0v) is 17.6. The van der Waals surface area contributed by atoms with Crippen molar-refractivity contribution >= 4 is 23.2 Å². The highest BCUT2D eigenvalue weighted by atomic mass is 16.4. The normalized spacial score (nSPS) is 34.4. The third kappa shape index (κ3) is 2.48. The zero-order chi connectivity index (χ0) is 23.9. The number of phenolic OH excluding ortho intramolecular Hbond substituents is 1. The minimum Gasteiger partial charge on any atom is -0.508 e. The molecule has 3 aliphatic rings. The van der Waals surface area contributed by atoms with E-state index in [9.17, 15) is 39.9 Å². The first-order valence-electron chi connectivity index (χ1n) is 10.0. The number of Topliss-reactive ketones (excluding diaryl/α,β-unsaturated/α-hetero) is 2. The second-order valence-corrected chi connectivity index (χ2v) is 8.79. The van der Waals surface area contributed by atoms with Crippen molar-refractivity contribution in [2.45, 2.75) is 30.6 Å². The summed E-state index contributed by atoms with van der Waals surface area (Å²) >= 11 is 0. The maximum absolute atomic E-state index is 13.7. The number of aliphatic hydroxyl groups excluding tert-OH is 3. The molecule has 10 nitrogen and oxygen atoms in total. The lowest BCUT2D eigenvalue weighted by molar-refractivity contribution is -0.169. The van der Waals surface area contributed by atoms with Crippen molar-refractivity contribution in [1.82, 2.24) is 4.90 Å². The maximum Gasteiger partial charge on any atom is 0.255 e. The molecule has 7 N–H and O–H groups in total. The van der Waals surface area contributed by atoms with E-state index in [4.69, 9.17) is 5.73 Å². The molecule has 1 aromatic carbocycles. The van der Waals surface area contributed by atoms with Crippen molar-refractivity contribution in [3.63, 3.8) is 0 Å². The maximum atomic E-state index is 13.7. The van der Waals surface area contributed by atoms with Gasteiger partial charge in [0.1, 0.15) is 22.8 Å². The quantitative estimate of drug-likeness (QED) is 0.327. The van der Waals surface area contributed by atoms with E-state index in [1.165, 1.54) is 25.1 Å². The number of ketones is 2. The number of fused-ring (bicyclic) bond motifs is 3. The van der Waals surface area contributed by atoms with Gasteiger partial charge >= 0.3 is 0 Å². The molecular weight excluding hydrogens is 420 g/mol. The standard InChI is InChI=1S/C22H24N2O8/c1-7-8-5-4-6-9(25)11(8)16(26)12-10(7)17(27)14-15(24(2)3)18(28)13(21(23)31)20(30)22(14,32)19(12)29/h4-7,10,14-15,17,25-27,30,32H,1-3H3,(H2,23,31)/t7-,10-,14-,15-,17-,22-/m1/s1. The third-order valence-corrected chi connectivity index (χ3v) is 6.99. The van der Waals surface area contributed by atoms with Gasteiger partial charge in [0.25, 0.3) is 5.91 Å². The van der Waals surface area contributed by atoms with Crippen molar-refractivity contribution in [3.8, 4) is 5.75 Å². The number of hydrogen-bond acceptors (Lipinski definition) is 9. The van der Waals surface area contributed by atoms with Crippen molar-refractivity contribution in [1.29, 1.82) is 0 Å².